The van der Waals surface area contributed by atoms with Crippen LogP contribution >= 0.6 is 0 Å². The second-order valence-corrected chi connectivity index (χ2v) is 12.4. The van der Waals surface area contributed by atoms with Crippen LogP contribution in [0.1, 0.15) is 66.2 Å². The van der Waals surface area contributed by atoms with Crippen LogP contribution in [-0.4, -0.2) is 47.6 Å². The van der Waals surface area contributed by atoms with Crippen LogP contribution in [0.4, 0.5) is 23.2 Å². The Morgan fingerprint density at radius 1 is 1.04 bits per heavy atom. The number of ether oxygens (including phenoxy) is 1. The van der Waals surface area contributed by atoms with E-state index in [0.717, 1.165) is 36.3 Å². The minimum Gasteiger partial charge on any atom is -0.423 e. The minimum absolute atomic E-state index is 0.00533. The summed E-state index contributed by atoms with van der Waals surface area (Å²) in [5.41, 5.74) is 7.52. The summed E-state index contributed by atoms with van der Waals surface area (Å²) in [4.78, 5) is 43.9. The molecule has 244 valence electrons. The van der Waals surface area contributed by atoms with Crippen molar-refractivity contribution >= 4 is 28.5 Å². The van der Waals surface area contributed by atoms with Crippen LogP contribution in [0, 0.1) is 17.6 Å². The fourth-order valence-corrected chi connectivity index (χ4v) is 6.48. The molecule has 2 N–H and O–H groups in total. The highest BCUT2D eigenvalue weighted by atomic mass is 19.3. The van der Waals surface area contributed by atoms with Crippen molar-refractivity contribution < 1.29 is 31.9 Å². The van der Waals surface area contributed by atoms with Gasteiger partial charge < -0.3 is 10.5 Å². The number of primary amides is 1. The van der Waals surface area contributed by atoms with E-state index in [1.54, 1.807) is 16.8 Å². The second kappa shape index (κ2) is 10.5. The highest BCUT2D eigenvalue weighted by Gasteiger charge is 2.53. The van der Waals surface area contributed by atoms with Crippen molar-refractivity contribution in [2.24, 2.45) is 11.7 Å². The number of fused-ring (bicyclic) bond motifs is 2. The Labute approximate surface area is 269 Å². The molecule has 5 aromatic rings. The van der Waals surface area contributed by atoms with Gasteiger partial charge in [-0.15, -0.1) is 0 Å². The Bertz CT molecular complexity index is 2130. The standard InChI is InChI=1S/C33H26F4N8O3/c1-16(29-40-13-20(35)14-41-29)44-23-6-4-18(11-24(23)48-33(36,37)31(44)47)26-21-15-42-45(32(8-9-32)25-7-5-19(34)12-39-25)30(21)43-22(10-17-2-3-17)27(26)28(38)46/h4-7,11-17H,2-3,8-10H2,1H3,(H2,38,46). The number of benzene rings is 1. The molecule has 4 aromatic heterocycles. The third-order valence-electron chi connectivity index (χ3n) is 9.17. The molecule has 0 bridgehead atoms. The smallest absolute Gasteiger partial charge is 0.423 e. The predicted molar refractivity (Wildman–Crippen MR) is 162 cm³/mol. The first-order valence-corrected chi connectivity index (χ1v) is 15.3. The summed E-state index contributed by atoms with van der Waals surface area (Å²) in [5.74, 6) is -3.72. The van der Waals surface area contributed by atoms with Crippen LogP contribution in [0.25, 0.3) is 22.2 Å². The van der Waals surface area contributed by atoms with E-state index in [4.69, 9.17) is 15.5 Å². The van der Waals surface area contributed by atoms with Crippen molar-refractivity contribution in [3.8, 4) is 16.9 Å². The Morgan fingerprint density at radius 3 is 2.42 bits per heavy atom. The molecule has 0 saturated heterocycles. The van der Waals surface area contributed by atoms with Gasteiger partial charge in [-0.05, 0) is 74.8 Å². The molecular weight excluding hydrogens is 632 g/mol. The van der Waals surface area contributed by atoms with Crippen LogP contribution < -0.4 is 15.4 Å². The third kappa shape index (κ3) is 4.75. The van der Waals surface area contributed by atoms with Crippen LogP contribution in [-0.2, 0) is 16.8 Å². The lowest BCUT2D eigenvalue weighted by molar-refractivity contribution is -0.193. The van der Waals surface area contributed by atoms with Crippen molar-refractivity contribution in [2.75, 3.05) is 4.90 Å². The third-order valence-corrected chi connectivity index (χ3v) is 9.17. The normalized spacial score (nSPS) is 18.4. The van der Waals surface area contributed by atoms with E-state index in [9.17, 15) is 18.4 Å². The molecule has 5 heterocycles. The molecule has 2 aliphatic carbocycles. The van der Waals surface area contributed by atoms with E-state index in [1.165, 1.54) is 31.3 Å². The second-order valence-electron chi connectivity index (χ2n) is 12.4. The summed E-state index contributed by atoms with van der Waals surface area (Å²) in [7, 11) is 0. The maximum Gasteiger partial charge on any atom is 0.483 e. The minimum atomic E-state index is -4.26. The average molecular weight is 659 g/mol. The van der Waals surface area contributed by atoms with E-state index >= 15 is 8.78 Å². The van der Waals surface area contributed by atoms with Gasteiger partial charge in [0.25, 0.3) is 5.91 Å². The van der Waals surface area contributed by atoms with Gasteiger partial charge in [0.2, 0.25) is 0 Å². The molecule has 11 nitrogen and oxygen atoms in total. The van der Waals surface area contributed by atoms with Crippen molar-refractivity contribution in [1.82, 2.24) is 29.7 Å². The summed E-state index contributed by atoms with van der Waals surface area (Å²) in [6.07, 6.45) is 3.87. The number of hydrogen-bond donors (Lipinski definition) is 1. The lowest BCUT2D eigenvalue weighted by Crippen LogP contribution is -2.51. The van der Waals surface area contributed by atoms with E-state index in [2.05, 4.69) is 20.1 Å². The first kappa shape index (κ1) is 29.9. The van der Waals surface area contributed by atoms with Gasteiger partial charge in [-0.1, -0.05) is 6.07 Å². The molecule has 15 heteroatoms. The van der Waals surface area contributed by atoms with Gasteiger partial charge in [-0.2, -0.15) is 13.9 Å². The monoisotopic (exact) mass is 658 g/mol. The van der Waals surface area contributed by atoms with Gasteiger partial charge >= 0.3 is 12.0 Å². The zero-order chi connectivity index (χ0) is 33.5. The Kier molecular flexibility index (Phi) is 6.55. The Balaban J connectivity index is 1.31. The largest absolute Gasteiger partial charge is 0.483 e. The number of nitrogens with zero attached hydrogens (tertiary/aromatic N) is 7. The number of hydrogen-bond acceptors (Lipinski definition) is 8. The van der Waals surface area contributed by atoms with Crippen molar-refractivity contribution in [3.63, 3.8) is 0 Å². The Morgan fingerprint density at radius 2 is 1.77 bits per heavy atom. The Hall–Kier alpha value is -5.47. The number of carbonyl (C=O) groups is 2. The molecule has 2 fully saturated rings. The molecule has 1 atom stereocenters. The average Bonchev–Trinajstić information content (AvgIpc) is 3.99. The van der Waals surface area contributed by atoms with Crippen LogP contribution in [0.3, 0.4) is 0 Å². The number of amides is 2. The number of nitrogens with two attached hydrogens (primary N) is 1. The number of pyridine rings is 2. The molecule has 0 radical (unpaired) electrons. The van der Waals surface area contributed by atoms with Crippen LogP contribution in [0.2, 0.25) is 0 Å². The highest BCUT2D eigenvalue weighted by molar-refractivity contribution is 6.09. The lowest BCUT2D eigenvalue weighted by atomic mass is 9.93. The quantitative estimate of drug-likeness (QED) is 0.224. The number of alkyl halides is 2. The molecule has 3 aliphatic rings. The van der Waals surface area contributed by atoms with E-state index < -0.39 is 41.1 Å². The topological polar surface area (TPSA) is 142 Å². The highest BCUT2D eigenvalue weighted by Crippen LogP contribution is 2.51. The lowest BCUT2D eigenvalue weighted by Gasteiger charge is -2.36. The number of carbonyl (C=O) groups excluding carboxylic acids is 2. The first-order chi connectivity index (χ1) is 23.0. The number of anilines is 1. The molecule has 1 aromatic carbocycles. The molecule has 48 heavy (non-hydrogen) atoms. The molecule has 8 rings (SSSR count). The zero-order valence-electron chi connectivity index (χ0n) is 25.3. The van der Waals surface area contributed by atoms with E-state index in [0.29, 0.717) is 58.7 Å². The summed E-state index contributed by atoms with van der Waals surface area (Å²) < 4.78 is 64.3. The van der Waals surface area contributed by atoms with Gasteiger partial charge in [0.05, 0.1) is 53.5 Å². The van der Waals surface area contributed by atoms with Gasteiger partial charge in [0.1, 0.15) is 11.4 Å². The van der Waals surface area contributed by atoms with Crippen molar-refractivity contribution in [1.29, 1.82) is 0 Å². The summed E-state index contributed by atoms with van der Waals surface area (Å²) in [6, 6.07) is 6.12. The maximum atomic E-state index is 15.2. The summed E-state index contributed by atoms with van der Waals surface area (Å²) in [6.45, 7) is 1.43. The predicted octanol–water partition coefficient (Wildman–Crippen LogP) is 5.23. The number of rotatable bonds is 8. The van der Waals surface area contributed by atoms with Gasteiger partial charge in [-0.3, -0.25) is 19.5 Å². The fourth-order valence-electron chi connectivity index (χ4n) is 6.48. The van der Waals surface area contributed by atoms with Gasteiger partial charge in [-0.25, -0.2) is 28.4 Å². The van der Waals surface area contributed by atoms with Gasteiger partial charge in [0, 0.05) is 10.9 Å². The van der Waals surface area contributed by atoms with Gasteiger partial charge in [0.15, 0.2) is 23.0 Å². The summed E-state index contributed by atoms with van der Waals surface area (Å²) in [5, 5.41) is 5.10. The fraction of sp³-hybridized carbons (Fsp3) is 0.303. The maximum absolute atomic E-state index is 15.2. The number of aromatic nitrogens is 6. The summed E-state index contributed by atoms with van der Waals surface area (Å²) >= 11 is 0. The SMILES string of the molecule is CC(c1ncc(F)cn1)N1C(=O)C(F)(F)Oc2cc(-c3c(C(N)=O)c(CC4CC4)nc4c3cnn4C3(c4ccc(F)cn4)CC3)ccc21. The van der Waals surface area contributed by atoms with E-state index in [-0.39, 0.29) is 22.8 Å². The first-order valence-electron chi connectivity index (χ1n) is 15.3. The van der Waals surface area contributed by atoms with Crippen molar-refractivity contribution in [3.05, 3.63) is 89.5 Å². The number of halogens is 4. The van der Waals surface area contributed by atoms with Crippen LogP contribution in [0.15, 0.2) is 55.1 Å². The molecule has 1 unspecified atom stereocenters. The molecule has 0 spiro atoms. The van der Waals surface area contributed by atoms with Crippen LogP contribution in [0.5, 0.6) is 5.75 Å². The van der Waals surface area contributed by atoms with Crippen molar-refractivity contribution in [2.45, 2.75) is 56.7 Å². The zero-order valence-corrected chi connectivity index (χ0v) is 25.3. The molecule has 1 aliphatic heterocycles. The molecule has 2 saturated carbocycles. The molecular formula is C33H26F4N8O3. The molecule has 2 amide bonds. The van der Waals surface area contributed by atoms with E-state index in [1.807, 2.05) is 0 Å².